The van der Waals surface area contributed by atoms with Crippen LogP contribution in [-0.4, -0.2) is 33.1 Å². The van der Waals surface area contributed by atoms with Crippen LogP contribution in [0.2, 0.25) is 0 Å². The van der Waals surface area contributed by atoms with Crippen LogP contribution in [0.4, 0.5) is 4.79 Å². The highest BCUT2D eigenvalue weighted by atomic mass is 16.5. The van der Waals surface area contributed by atoms with Crippen LogP contribution >= 0.6 is 0 Å². The lowest BCUT2D eigenvalue weighted by Gasteiger charge is -2.28. The predicted octanol–water partition coefficient (Wildman–Crippen LogP) is 2.13. The molecule has 1 aromatic rings. The minimum Gasteiger partial charge on any atom is -0.367 e. The lowest BCUT2D eigenvalue weighted by atomic mass is 9.94. The summed E-state index contributed by atoms with van der Waals surface area (Å²) in [4.78, 5) is 12.2. The highest BCUT2D eigenvalue weighted by Gasteiger charge is 2.46. The van der Waals surface area contributed by atoms with Gasteiger partial charge in [0.1, 0.15) is 0 Å². The highest BCUT2D eigenvalue weighted by Crippen LogP contribution is 2.37. The quantitative estimate of drug-likeness (QED) is 0.897. The number of amides is 2. The summed E-state index contributed by atoms with van der Waals surface area (Å²) < 4.78 is 7.71. The molecule has 21 heavy (non-hydrogen) atoms. The van der Waals surface area contributed by atoms with E-state index < -0.39 is 0 Å². The molecule has 2 N–H and O–H groups in total. The van der Waals surface area contributed by atoms with Gasteiger partial charge in [0.25, 0.3) is 0 Å². The van der Waals surface area contributed by atoms with Gasteiger partial charge < -0.3 is 15.4 Å². The van der Waals surface area contributed by atoms with Crippen LogP contribution in [0.1, 0.15) is 52.6 Å². The number of urea groups is 1. The Morgan fingerprint density at radius 1 is 1.48 bits per heavy atom. The molecule has 2 rings (SSSR count). The molecule has 1 fully saturated rings. The summed E-state index contributed by atoms with van der Waals surface area (Å²) in [6.07, 6.45) is 4.46. The first kappa shape index (κ1) is 15.8. The van der Waals surface area contributed by atoms with Gasteiger partial charge in [-0.1, -0.05) is 0 Å². The molecule has 6 nitrogen and oxygen atoms in total. The second kappa shape index (κ2) is 5.33. The molecule has 6 heteroatoms. The molecule has 118 valence electrons. The fraction of sp³-hybridized carbons (Fsp3) is 0.733. The summed E-state index contributed by atoms with van der Waals surface area (Å²) in [5.41, 5.74) is 0.407. The molecule has 1 aliphatic heterocycles. The molecule has 2 amide bonds. The Morgan fingerprint density at radius 2 is 2.14 bits per heavy atom. The zero-order chi connectivity index (χ0) is 15.8. The van der Waals surface area contributed by atoms with E-state index in [1.54, 1.807) is 10.9 Å². The molecular formula is C15H26N4O2. The van der Waals surface area contributed by atoms with E-state index in [0.29, 0.717) is 0 Å². The third-order valence-electron chi connectivity index (χ3n) is 3.95. The van der Waals surface area contributed by atoms with Gasteiger partial charge in [0, 0.05) is 18.8 Å². The lowest BCUT2D eigenvalue weighted by Crippen LogP contribution is -2.50. The van der Waals surface area contributed by atoms with Gasteiger partial charge in [0.05, 0.1) is 29.5 Å². The van der Waals surface area contributed by atoms with Gasteiger partial charge in [-0.25, -0.2) is 4.79 Å². The number of rotatable bonds is 3. The second-order valence-corrected chi connectivity index (χ2v) is 7.01. The molecule has 2 atom stereocenters. The summed E-state index contributed by atoms with van der Waals surface area (Å²) in [7, 11) is 1.86. The molecule has 0 unspecified atom stereocenters. The summed E-state index contributed by atoms with van der Waals surface area (Å²) in [5.74, 6) is 0. The Bertz CT molecular complexity index is 521. The smallest absolute Gasteiger partial charge is 0.315 e. The number of hydrogen-bond donors (Lipinski definition) is 2. The number of aromatic nitrogens is 2. The molecule has 0 aromatic carbocycles. The van der Waals surface area contributed by atoms with Crippen molar-refractivity contribution in [3.05, 3.63) is 18.0 Å². The summed E-state index contributed by atoms with van der Waals surface area (Å²) in [6, 6.07) is -0.267. The van der Waals surface area contributed by atoms with Crippen molar-refractivity contribution in [1.29, 1.82) is 0 Å². The number of hydrogen-bond acceptors (Lipinski definition) is 3. The van der Waals surface area contributed by atoms with Gasteiger partial charge in [-0.3, -0.25) is 4.68 Å². The molecule has 0 aliphatic carbocycles. The predicted molar refractivity (Wildman–Crippen MR) is 80.9 cm³/mol. The summed E-state index contributed by atoms with van der Waals surface area (Å²) in [5, 5.41) is 10.1. The van der Waals surface area contributed by atoms with E-state index in [4.69, 9.17) is 4.74 Å². The molecule has 2 heterocycles. The zero-order valence-corrected chi connectivity index (χ0v) is 13.7. The largest absolute Gasteiger partial charge is 0.367 e. The van der Waals surface area contributed by atoms with Crippen molar-refractivity contribution >= 4 is 6.03 Å². The fourth-order valence-corrected chi connectivity index (χ4v) is 2.93. The van der Waals surface area contributed by atoms with Crippen molar-refractivity contribution in [2.45, 2.75) is 64.3 Å². The van der Waals surface area contributed by atoms with E-state index >= 15 is 0 Å². The van der Waals surface area contributed by atoms with Gasteiger partial charge in [0.15, 0.2) is 0 Å². The number of nitrogens with one attached hydrogen (secondary N) is 2. The van der Waals surface area contributed by atoms with E-state index in [0.717, 1.165) is 12.0 Å². The number of ether oxygens (including phenoxy) is 1. The van der Waals surface area contributed by atoms with E-state index in [9.17, 15) is 4.79 Å². The zero-order valence-electron chi connectivity index (χ0n) is 13.7. The average Bonchev–Trinajstić information content (AvgIpc) is 2.80. The first-order valence-electron chi connectivity index (χ1n) is 7.35. The van der Waals surface area contributed by atoms with Crippen molar-refractivity contribution < 1.29 is 9.53 Å². The van der Waals surface area contributed by atoms with E-state index in [1.165, 1.54) is 0 Å². The van der Waals surface area contributed by atoms with Crippen molar-refractivity contribution in [2.75, 3.05) is 0 Å². The first-order valence-corrected chi connectivity index (χ1v) is 7.35. The van der Waals surface area contributed by atoms with Gasteiger partial charge in [-0.15, -0.1) is 0 Å². The molecule has 0 radical (unpaired) electrons. The number of carbonyl (C=O) groups excluding carboxylic acids is 1. The van der Waals surface area contributed by atoms with Gasteiger partial charge in [-0.2, -0.15) is 5.10 Å². The van der Waals surface area contributed by atoms with Crippen LogP contribution in [-0.2, 0) is 11.8 Å². The fourth-order valence-electron chi connectivity index (χ4n) is 2.93. The molecule has 0 saturated carbocycles. The maximum Gasteiger partial charge on any atom is 0.315 e. The molecule has 0 spiro atoms. The number of nitrogens with zero attached hydrogens (tertiary/aromatic N) is 2. The molecule has 1 aliphatic rings. The second-order valence-electron chi connectivity index (χ2n) is 7.01. The minimum atomic E-state index is -0.363. The van der Waals surface area contributed by atoms with Crippen molar-refractivity contribution in [1.82, 2.24) is 20.4 Å². The van der Waals surface area contributed by atoms with Crippen molar-refractivity contribution in [3.63, 3.8) is 0 Å². The maximum absolute atomic E-state index is 12.2. The molecular weight excluding hydrogens is 268 g/mol. The Kier molecular flexibility index (Phi) is 4.02. The number of carbonyl (C=O) groups is 1. The molecule has 0 bridgehead atoms. The lowest BCUT2D eigenvalue weighted by molar-refractivity contribution is -0.0690. The Labute approximate surface area is 126 Å². The normalized spacial score (nSPS) is 24.6. The van der Waals surface area contributed by atoms with Gasteiger partial charge >= 0.3 is 6.03 Å². The topological polar surface area (TPSA) is 68.2 Å². The Hall–Kier alpha value is -1.56. The van der Waals surface area contributed by atoms with Crippen molar-refractivity contribution in [3.8, 4) is 0 Å². The van der Waals surface area contributed by atoms with Crippen molar-refractivity contribution in [2.24, 2.45) is 7.05 Å². The highest BCUT2D eigenvalue weighted by molar-refractivity contribution is 5.75. The minimum absolute atomic E-state index is 0.00593. The van der Waals surface area contributed by atoms with Gasteiger partial charge in [0.2, 0.25) is 0 Å². The van der Waals surface area contributed by atoms with Crippen LogP contribution in [0.3, 0.4) is 0 Å². The Balaban J connectivity index is 1.93. The molecule has 1 aromatic heterocycles. The SMILES string of the molecule is C[C@H](NC(=O)N[C@@H]1CC(C)(C)OC1(C)C)c1cnn(C)c1. The van der Waals surface area contributed by atoms with Crippen LogP contribution in [0.15, 0.2) is 12.4 Å². The van der Waals surface area contributed by atoms with Crippen LogP contribution in [0, 0.1) is 0 Å². The van der Waals surface area contributed by atoms with Crippen LogP contribution in [0.5, 0.6) is 0 Å². The Morgan fingerprint density at radius 3 is 2.62 bits per heavy atom. The standard InChI is InChI=1S/C15H26N4O2/c1-10(11-8-16-19(6)9-11)17-13(20)18-12-7-14(2,3)21-15(12,4)5/h8-10,12H,7H2,1-6H3,(H2,17,18,20)/t10-,12+/m0/s1. The molecule has 1 saturated heterocycles. The third kappa shape index (κ3) is 3.75. The summed E-state index contributed by atoms with van der Waals surface area (Å²) >= 11 is 0. The monoisotopic (exact) mass is 294 g/mol. The van der Waals surface area contributed by atoms with Crippen LogP contribution < -0.4 is 10.6 Å². The number of aryl methyl sites for hydroxylation is 1. The first-order chi connectivity index (χ1) is 9.59. The maximum atomic E-state index is 12.2. The third-order valence-corrected chi connectivity index (χ3v) is 3.95. The van der Waals surface area contributed by atoms with E-state index in [-0.39, 0.29) is 29.3 Å². The van der Waals surface area contributed by atoms with Gasteiger partial charge in [-0.05, 0) is 41.0 Å². The van der Waals surface area contributed by atoms with E-state index in [1.807, 2.05) is 47.9 Å². The summed E-state index contributed by atoms with van der Waals surface area (Å²) in [6.45, 7) is 10.1. The average molecular weight is 294 g/mol. The van der Waals surface area contributed by atoms with E-state index in [2.05, 4.69) is 15.7 Å². The van der Waals surface area contributed by atoms with Crippen LogP contribution in [0.25, 0.3) is 0 Å².